The molecule has 0 spiro atoms. The van der Waals surface area contributed by atoms with Gasteiger partial charge in [-0.1, -0.05) is 12.1 Å². The number of amides is 1. The third kappa shape index (κ3) is 6.16. The van der Waals surface area contributed by atoms with Crippen molar-refractivity contribution in [3.63, 3.8) is 0 Å². The van der Waals surface area contributed by atoms with E-state index >= 15 is 0 Å². The zero-order valence-electron chi connectivity index (χ0n) is 22.1. The van der Waals surface area contributed by atoms with Crippen LogP contribution in [0.2, 0.25) is 0 Å². The van der Waals surface area contributed by atoms with Gasteiger partial charge in [-0.2, -0.15) is 5.26 Å². The maximum atomic E-state index is 12.0. The van der Waals surface area contributed by atoms with Gasteiger partial charge >= 0.3 is 12.1 Å². The molecule has 5 rings (SSSR count). The van der Waals surface area contributed by atoms with Gasteiger partial charge in [0.05, 0.1) is 43.7 Å². The first-order chi connectivity index (χ1) is 20.0. The maximum absolute atomic E-state index is 12.0. The Bertz CT molecular complexity index is 1570. The number of anilines is 2. The highest BCUT2D eigenvalue weighted by Gasteiger charge is 2.23. The normalized spacial score (nSPS) is 12.9. The predicted molar refractivity (Wildman–Crippen MR) is 151 cm³/mol. The van der Waals surface area contributed by atoms with Gasteiger partial charge in [0, 0.05) is 46.4 Å². The molecule has 210 valence electrons. The number of carbonyl (C=O) groups is 2. The number of ether oxygens (including phenoxy) is 3. The summed E-state index contributed by atoms with van der Waals surface area (Å²) in [6, 6.07) is 13.6. The summed E-state index contributed by atoms with van der Waals surface area (Å²) in [5.74, 6) is -1.16. The van der Waals surface area contributed by atoms with Crippen molar-refractivity contribution in [3.8, 4) is 34.3 Å². The minimum Gasteiger partial charge on any atom is -0.477 e. The third-order valence-electron chi connectivity index (χ3n) is 6.42. The molecule has 1 aliphatic heterocycles. The van der Waals surface area contributed by atoms with Crippen LogP contribution in [0, 0.1) is 11.3 Å². The number of nitrogens with zero attached hydrogens (tertiary/aromatic N) is 3. The van der Waals surface area contributed by atoms with Crippen molar-refractivity contribution in [1.82, 2.24) is 4.98 Å². The molecule has 0 unspecified atom stereocenters. The number of morpholine rings is 1. The second-order valence-corrected chi connectivity index (χ2v) is 9.78. The molecule has 41 heavy (non-hydrogen) atoms. The summed E-state index contributed by atoms with van der Waals surface area (Å²) in [6.45, 7) is 4.53. The molecule has 0 atom stereocenters. The Kier molecular flexibility index (Phi) is 8.47. The van der Waals surface area contributed by atoms with Gasteiger partial charge in [0.1, 0.15) is 23.1 Å². The highest BCUT2D eigenvalue weighted by molar-refractivity contribution is 7.12. The molecular formula is C29H26N4O7S. The highest BCUT2D eigenvalue weighted by Crippen LogP contribution is 2.36. The summed E-state index contributed by atoms with van der Waals surface area (Å²) < 4.78 is 21.7. The van der Waals surface area contributed by atoms with Crippen LogP contribution < -0.4 is 15.0 Å². The molecule has 4 aromatic rings. The van der Waals surface area contributed by atoms with Crippen LogP contribution in [-0.2, 0) is 16.1 Å². The van der Waals surface area contributed by atoms with Crippen LogP contribution in [0.5, 0.6) is 5.88 Å². The van der Waals surface area contributed by atoms with E-state index in [0.29, 0.717) is 30.0 Å². The lowest BCUT2D eigenvalue weighted by Crippen LogP contribution is -2.36. The highest BCUT2D eigenvalue weighted by atomic mass is 32.1. The summed E-state index contributed by atoms with van der Waals surface area (Å²) in [5, 5.41) is 23.9. The lowest BCUT2D eigenvalue weighted by Gasteiger charge is -2.28. The minimum absolute atomic E-state index is 0.0137. The van der Waals surface area contributed by atoms with Gasteiger partial charge < -0.3 is 28.6 Å². The number of nitriles is 1. The monoisotopic (exact) mass is 574 g/mol. The van der Waals surface area contributed by atoms with Crippen molar-refractivity contribution in [2.45, 2.75) is 13.5 Å². The molecule has 2 N–H and O–H groups in total. The molecule has 0 radical (unpaired) electrons. The quantitative estimate of drug-likeness (QED) is 0.258. The molecule has 0 saturated carbocycles. The lowest BCUT2D eigenvalue weighted by atomic mass is 10.0. The second-order valence-electron chi connectivity index (χ2n) is 8.90. The van der Waals surface area contributed by atoms with E-state index in [-0.39, 0.29) is 40.8 Å². The van der Waals surface area contributed by atoms with Gasteiger partial charge in [0.15, 0.2) is 0 Å². The van der Waals surface area contributed by atoms with E-state index in [9.17, 15) is 20.0 Å². The van der Waals surface area contributed by atoms with Crippen molar-refractivity contribution in [1.29, 1.82) is 5.26 Å². The molecule has 12 heteroatoms. The van der Waals surface area contributed by atoms with Crippen LogP contribution in [-0.4, -0.2) is 55.1 Å². The number of pyridine rings is 1. The fraction of sp³-hybridized carbons (Fsp3) is 0.241. The van der Waals surface area contributed by atoms with Crippen LogP contribution in [0.3, 0.4) is 0 Å². The van der Waals surface area contributed by atoms with E-state index < -0.39 is 12.1 Å². The molecule has 3 aromatic heterocycles. The van der Waals surface area contributed by atoms with Gasteiger partial charge in [-0.15, -0.1) is 11.3 Å². The predicted octanol–water partition coefficient (Wildman–Crippen LogP) is 5.62. The molecular weight excluding hydrogens is 548 g/mol. The summed E-state index contributed by atoms with van der Waals surface area (Å²) >= 11 is 0.944. The van der Waals surface area contributed by atoms with E-state index in [0.717, 1.165) is 35.7 Å². The van der Waals surface area contributed by atoms with Gasteiger partial charge in [-0.3, -0.25) is 5.32 Å². The fourth-order valence-corrected chi connectivity index (χ4v) is 5.27. The number of carboxylic acid groups (broad SMARTS) is 1. The lowest BCUT2D eigenvalue weighted by molar-refractivity contribution is 0.0699. The largest absolute Gasteiger partial charge is 0.477 e. The molecule has 0 aliphatic carbocycles. The Morgan fingerprint density at radius 3 is 2.63 bits per heavy atom. The number of hydrogen-bond donors (Lipinski definition) is 2. The summed E-state index contributed by atoms with van der Waals surface area (Å²) in [6.07, 6.45) is 2.31. The van der Waals surface area contributed by atoms with Crippen LogP contribution in [0.1, 0.15) is 27.7 Å². The van der Waals surface area contributed by atoms with E-state index in [1.165, 1.54) is 17.9 Å². The van der Waals surface area contributed by atoms with Crippen LogP contribution >= 0.6 is 11.3 Å². The number of hydrogen-bond acceptors (Lipinski definition) is 10. The second kappa shape index (κ2) is 12.5. The van der Waals surface area contributed by atoms with E-state index in [1.807, 2.05) is 24.3 Å². The number of carboxylic acids is 1. The zero-order chi connectivity index (χ0) is 28.8. The maximum Gasteiger partial charge on any atom is 0.411 e. The SMILES string of the molecule is CCOC(=O)Nc1csc(C(=O)O)c1COc1nc(-c2ccc(N3CCOCC3)cc2)cc(-c2ccoc2)c1C#N. The number of aromatic nitrogens is 1. The van der Waals surface area contributed by atoms with Gasteiger partial charge in [0.2, 0.25) is 5.88 Å². The van der Waals surface area contributed by atoms with Gasteiger partial charge in [0.25, 0.3) is 0 Å². The van der Waals surface area contributed by atoms with Crippen molar-refractivity contribution in [2.24, 2.45) is 0 Å². The summed E-state index contributed by atoms with van der Waals surface area (Å²) in [7, 11) is 0. The zero-order valence-corrected chi connectivity index (χ0v) is 22.9. The van der Waals surface area contributed by atoms with Crippen LogP contribution in [0.15, 0.2) is 58.7 Å². The molecule has 1 saturated heterocycles. The number of aromatic carboxylic acids is 1. The average molecular weight is 575 g/mol. The topological polar surface area (TPSA) is 147 Å². The van der Waals surface area contributed by atoms with Crippen molar-refractivity contribution in [3.05, 3.63) is 70.3 Å². The first-order valence-electron chi connectivity index (χ1n) is 12.8. The molecule has 4 heterocycles. The number of benzene rings is 1. The van der Waals surface area contributed by atoms with Crippen molar-refractivity contribution < 1.29 is 33.3 Å². The fourth-order valence-electron chi connectivity index (χ4n) is 4.42. The minimum atomic E-state index is -1.17. The Hall–Kier alpha value is -4.86. The molecule has 1 aliphatic rings. The molecule has 1 amide bonds. The molecule has 1 aromatic carbocycles. The Balaban J connectivity index is 1.50. The van der Waals surface area contributed by atoms with E-state index in [2.05, 4.69) is 21.3 Å². The smallest absolute Gasteiger partial charge is 0.411 e. The standard InChI is InChI=1S/C29H26N4O7S/c1-2-39-29(36)32-25-17-41-26(28(34)35)23(25)16-40-27-22(14-30)21(19-7-10-38-15-19)13-24(31-27)18-3-5-20(6-4-18)33-8-11-37-12-9-33/h3-7,10,13,15,17H,2,8-9,11-12,16H2,1H3,(H,32,36)(H,34,35). The summed E-state index contributed by atoms with van der Waals surface area (Å²) in [5.41, 5.74) is 4.26. The first-order valence-corrected chi connectivity index (χ1v) is 13.7. The Morgan fingerprint density at radius 2 is 1.98 bits per heavy atom. The van der Waals surface area contributed by atoms with E-state index in [4.69, 9.17) is 18.6 Å². The number of furan rings is 1. The van der Waals surface area contributed by atoms with Crippen molar-refractivity contribution >= 4 is 34.8 Å². The van der Waals surface area contributed by atoms with E-state index in [1.54, 1.807) is 19.1 Å². The molecule has 1 fully saturated rings. The molecule has 11 nitrogen and oxygen atoms in total. The van der Waals surface area contributed by atoms with Gasteiger partial charge in [-0.05, 0) is 31.2 Å². The van der Waals surface area contributed by atoms with Gasteiger partial charge in [-0.25, -0.2) is 14.6 Å². The average Bonchev–Trinajstić information content (AvgIpc) is 3.67. The number of nitrogens with one attached hydrogen (secondary N) is 1. The van der Waals surface area contributed by atoms with Crippen LogP contribution in [0.25, 0.3) is 22.4 Å². The Labute approximate surface area is 239 Å². The number of thiophene rings is 1. The first kappa shape index (κ1) is 27.7. The third-order valence-corrected chi connectivity index (χ3v) is 7.43. The number of rotatable bonds is 9. The molecule has 0 bridgehead atoms. The van der Waals surface area contributed by atoms with Crippen LogP contribution in [0.4, 0.5) is 16.2 Å². The Morgan fingerprint density at radius 1 is 1.20 bits per heavy atom. The number of carbonyl (C=O) groups excluding carboxylic acids is 1. The summed E-state index contributed by atoms with van der Waals surface area (Å²) in [4.78, 5) is 30.8. The van der Waals surface area contributed by atoms with Crippen molar-refractivity contribution in [2.75, 3.05) is 43.1 Å².